The van der Waals surface area contributed by atoms with E-state index in [1.165, 1.54) is 0 Å². The quantitative estimate of drug-likeness (QED) is 0.862. The predicted molar refractivity (Wildman–Crippen MR) is 87.7 cm³/mol. The van der Waals surface area contributed by atoms with Crippen molar-refractivity contribution in [2.24, 2.45) is 22.5 Å². The molecule has 4 heteroatoms. The maximum Gasteiger partial charge on any atom is 0.162 e. The van der Waals surface area contributed by atoms with E-state index >= 15 is 0 Å². The second-order valence-corrected chi connectivity index (χ2v) is 8.17. The van der Waals surface area contributed by atoms with Crippen LogP contribution >= 0.6 is 15.9 Å². The lowest BCUT2D eigenvalue weighted by Gasteiger charge is -2.18. The molecule has 1 aliphatic carbocycles. The topological polar surface area (TPSA) is 44.5 Å². The highest BCUT2D eigenvalue weighted by molar-refractivity contribution is 9.10. The summed E-state index contributed by atoms with van der Waals surface area (Å²) in [7, 11) is 0. The number of rotatable bonds is 2. The van der Waals surface area contributed by atoms with Gasteiger partial charge in [0.25, 0.3) is 0 Å². The smallest absolute Gasteiger partial charge is 0.162 e. The molecule has 1 heterocycles. The van der Waals surface area contributed by atoms with Crippen LogP contribution in [0.1, 0.15) is 45.7 Å². The van der Waals surface area contributed by atoms with Gasteiger partial charge < -0.3 is 15.2 Å². The number of ether oxygens (including phenoxy) is 2. The average molecular weight is 354 g/mol. The highest BCUT2D eigenvalue weighted by Crippen LogP contribution is 2.72. The van der Waals surface area contributed by atoms with Crippen LogP contribution in [0.5, 0.6) is 11.5 Å². The van der Waals surface area contributed by atoms with Crippen molar-refractivity contribution in [3.05, 3.63) is 22.2 Å². The van der Waals surface area contributed by atoms with E-state index in [2.05, 4.69) is 49.7 Å². The molecule has 1 aliphatic heterocycles. The summed E-state index contributed by atoms with van der Waals surface area (Å²) in [6.07, 6.45) is 0.913. The number of hydrogen-bond donors (Lipinski definition) is 1. The van der Waals surface area contributed by atoms with Crippen molar-refractivity contribution in [1.82, 2.24) is 0 Å². The first-order valence-corrected chi connectivity index (χ1v) is 8.40. The third-order valence-electron chi connectivity index (χ3n) is 5.72. The Kier molecular flexibility index (Phi) is 3.53. The summed E-state index contributed by atoms with van der Waals surface area (Å²) in [5.41, 5.74) is 8.23. The van der Waals surface area contributed by atoms with Gasteiger partial charge in [0.1, 0.15) is 0 Å². The zero-order valence-corrected chi connectivity index (χ0v) is 14.8. The fourth-order valence-electron chi connectivity index (χ4n) is 3.78. The Morgan fingerprint density at radius 2 is 1.62 bits per heavy atom. The van der Waals surface area contributed by atoms with Crippen LogP contribution in [0.2, 0.25) is 0 Å². The summed E-state index contributed by atoms with van der Waals surface area (Å²) in [6.45, 7) is 10.6. The molecule has 1 unspecified atom stereocenters. The van der Waals surface area contributed by atoms with Gasteiger partial charge in [-0.1, -0.05) is 43.6 Å². The molecule has 21 heavy (non-hydrogen) atoms. The lowest BCUT2D eigenvalue weighted by atomic mass is 9.97. The minimum atomic E-state index is 0.00141. The first-order chi connectivity index (χ1) is 9.76. The van der Waals surface area contributed by atoms with Gasteiger partial charge in [-0.25, -0.2) is 0 Å². The normalized spacial score (nSPS) is 24.3. The Labute approximate surface area is 135 Å². The summed E-state index contributed by atoms with van der Waals surface area (Å²) < 4.78 is 12.5. The van der Waals surface area contributed by atoms with E-state index in [1.807, 2.05) is 6.07 Å². The lowest BCUT2D eigenvalue weighted by Crippen LogP contribution is -2.17. The molecule has 1 atom stereocenters. The van der Waals surface area contributed by atoms with Gasteiger partial charge in [-0.05, 0) is 34.4 Å². The molecular formula is C17H24BrNO2. The largest absolute Gasteiger partial charge is 0.490 e. The Hall–Kier alpha value is -0.740. The second kappa shape index (κ2) is 4.88. The zero-order chi connectivity index (χ0) is 15.4. The molecule has 2 aliphatic rings. The van der Waals surface area contributed by atoms with Crippen molar-refractivity contribution in [2.75, 3.05) is 13.2 Å². The van der Waals surface area contributed by atoms with Crippen molar-refractivity contribution in [3.63, 3.8) is 0 Å². The summed E-state index contributed by atoms with van der Waals surface area (Å²) in [6, 6.07) is 4.06. The zero-order valence-electron chi connectivity index (χ0n) is 13.2. The fraction of sp³-hybridized carbons (Fsp3) is 0.647. The van der Waals surface area contributed by atoms with Gasteiger partial charge in [0.2, 0.25) is 0 Å². The van der Waals surface area contributed by atoms with Crippen molar-refractivity contribution >= 4 is 15.9 Å². The van der Waals surface area contributed by atoms with Crippen LogP contribution in [0, 0.1) is 16.7 Å². The van der Waals surface area contributed by atoms with E-state index in [1.54, 1.807) is 0 Å². The summed E-state index contributed by atoms with van der Waals surface area (Å²) >= 11 is 3.66. The van der Waals surface area contributed by atoms with Crippen molar-refractivity contribution < 1.29 is 9.47 Å². The van der Waals surface area contributed by atoms with Crippen LogP contribution in [-0.4, -0.2) is 13.2 Å². The molecule has 1 saturated carbocycles. The van der Waals surface area contributed by atoms with Crippen LogP contribution in [0.25, 0.3) is 0 Å². The van der Waals surface area contributed by atoms with Gasteiger partial charge in [0.15, 0.2) is 11.5 Å². The van der Waals surface area contributed by atoms with Crippen molar-refractivity contribution in [2.45, 2.75) is 40.2 Å². The van der Waals surface area contributed by atoms with E-state index < -0.39 is 0 Å². The molecule has 0 aromatic heterocycles. The Morgan fingerprint density at radius 1 is 1.10 bits per heavy atom. The molecule has 1 aromatic rings. The lowest BCUT2D eigenvalue weighted by molar-refractivity contribution is 0.297. The van der Waals surface area contributed by atoms with Gasteiger partial charge in [-0.15, -0.1) is 0 Å². The minimum absolute atomic E-state index is 0.00141. The van der Waals surface area contributed by atoms with Gasteiger partial charge in [-0.3, -0.25) is 0 Å². The maximum absolute atomic E-state index is 6.60. The fourth-order valence-corrected chi connectivity index (χ4v) is 4.37. The Morgan fingerprint density at radius 3 is 2.14 bits per heavy atom. The third kappa shape index (κ3) is 2.27. The van der Waals surface area contributed by atoms with E-state index in [-0.39, 0.29) is 16.9 Å². The van der Waals surface area contributed by atoms with Crippen LogP contribution in [0.15, 0.2) is 16.6 Å². The summed E-state index contributed by atoms with van der Waals surface area (Å²) in [5, 5.41) is 0. The molecule has 1 fully saturated rings. The predicted octanol–water partition coefficient (Wildman–Crippen LogP) is 4.29. The number of benzene rings is 1. The van der Waals surface area contributed by atoms with Crippen molar-refractivity contribution in [1.29, 1.82) is 0 Å². The monoisotopic (exact) mass is 353 g/mol. The second-order valence-electron chi connectivity index (χ2n) is 7.32. The van der Waals surface area contributed by atoms with E-state index in [0.717, 1.165) is 28.0 Å². The van der Waals surface area contributed by atoms with E-state index in [0.29, 0.717) is 19.1 Å². The molecule has 116 valence electrons. The number of nitrogens with two attached hydrogens (primary N) is 1. The minimum Gasteiger partial charge on any atom is -0.490 e. The highest BCUT2D eigenvalue weighted by atomic mass is 79.9. The molecule has 3 nitrogen and oxygen atoms in total. The summed E-state index contributed by atoms with van der Waals surface area (Å²) in [5.74, 6) is 2.09. The molecule has 2 N–H and O–H groups in total. The van der Waals surface area contributed by atoms with Crippen LogP contribution < -0.4 is 15.2 Å². The SMILES string of the molecule is CC1(C)C(C(N)c2cc3c(cc2Br)OCCCO3)C1(C)C. The average Bonchev–Trinajstić information content (AvgIpc) is 2.91. The van der Waals surface area contributed by atoms with Gasteiger partial charge in [-0.2, -0.15) is 0 Å². The van der Waals surface area contributed by atoms with E-state index in [9.17, 15) is 0 Å². The Balaban J connectivity index is 1.94. The summed E-state index contributed by atoms with van der Waals surface area (Å²) in [4.78, 5) is 0. The maximum atomic E-state index is 6.60. The standard InChI is InChI=1S/C17H24BrNO2/c1-16(2)15(17(16,3)4)14(19)10-8-12-13(9-11(10)18)21-7-5-6-20-12/h8-9,14-15H,5-7,19H2,1-4H3. The van der Waals surface area contributed by atoms with Crippen molar-refractivity contribution in [3.8, 4) is 11.5 Å². The molecule has 0 spiro atoms. The third-order valence-corrected chi connectivity index (χ3v) is 6.40. The van der Waals surface area contributed by atoms with E-state index in [4.69, 9.17) is 15.2 Å². The Bertz CT molecular complexity index is 554. The molecule has 0 radical (unpaired) electrons. The molecule has 0 amide bonds. The molecule has 0 saturated heterocycles. The van der Waals surface area contributed by atoms with Crippen LogP contribution in [0.4, 0.5) is 0 Å². The van der Waals surface area contributed by atoms with Crippen LogP contribution in [0.3, 0.4) is 0 Å². The first kappa shape index (κ1) is 15.2. The number of fused-ring (bicyclic) bond motifs is 1. The number of halogens is 1. The van der Waals surface area contributed by atoms with Gasteiger partial charge in [0.05, 0.1) is 13.2 Å². The number of hydrogen-bond acceptors (Lipinski definition) is 3. The van der Waals surface area contributed by atoms with Gasteiger partial charge in [0, 0.05) is 16.9 Å². The molecule has 1 aromatic carbocycles. The van der Waals surface area contributed by atoms with Gasteiger partial charge >= 0.3 is 0 Å². The first-order valence-electron chi connectivity index (χ1n) is 7.61. The highest BCUT2D eigenvalue weighted by Gasteiger charge is 2.66. The van der Waals surface area contributed by atoms with Crippen LogP contribution in [-0.2, 0) is 0 Å². The molecule has 0 bridgehead atoms. The molecule has 3 rings (SSSR count). The molecular weight excluding hydrogens is 330 g/mol.